The van der Waals surface area contributed by atoms with Gasteiger partial charge in [0.05, 0.1) is 5.41 Å². The van der Waals surface area contributed by atoms with E-state index in [0.29, 0.717) is 12.2 Å². The van der Waals surface area contributed by atoms with Gasteiger partial charge in [-0.15, -0.1) is 0 Å². The van der Waals surface area contributed by atoms with Gasteiger partial charge in [0.2, 0.25) is 0 Å². The number of carbonyl (C=O) groups is 2. The van der Waals surface area contributed by atoms with Crippen LogP contribution in [0.5, 0.6) is 0 Å². The van der Waals surface area contributed by atoms with Gasteiger partial charge in [-0.1, -0.05) is 31.6 Å². The Hall–Kier alpha value is -1.70. The van der Waals surface area contributed by atoms with E-state index in [2.05, 4.69) is 32.9 Å². The molecule has 0 aromatic heterocycles. The van der Waals surface area contributed by atoms with Crippen LogP contribution >= 0.6 is 0 Å². The van der Waals surface area contributed by atoms with Gasteiger partial charge in [-0.2, -0.15) is 0 Å². The summed E-state index contributed by atoms with van der Waals surface area (Å²) in [5.74, 6) is 0.731. The molecule has 130 valence electrons. The molecule has 5 rings (SSSR count). The average molecular weight is 334 g/mol. The van der Waals surface area contributed by atoms with E-state index >= 15 is 0 Å². The van der Waals surface area contributed by atoms with Gasteiger partial charge in [0.1, 0.15) is 5.78 Å². The molecule has 3 atom stereocenters. The Morgan fingerprint density at radius 1 is 0.960 bits per heavy atom. The molecule has 5 aliphatic carbocycles. The van der Waals surface area contributed by atoms with E-state index < -0.39 is 0 Å². The Balaban J connectivity index is 1.73. The highest BCUT2D eigenvalue weighted by Crippen LogP contribution is 2.69. The fourth-order valence-corrected chi connectivity index (χ4v) is 6.65. The second kappa shape index (κ2) is 4.52. The van der Waals surface area contributed by atoms with Crippen LogP contribution in [0.3, 0.4) is 0 Å². The summed E-state index contributed by atoms with van der Waals surface area (Å²) in [6.07, 6.45) is 12.8. The van der Waals surface area contributed by atoms with Crippen molar-refractivity contribution in [3.05, 3.63) is 46.1 Å². The number of ketones is 2. The Morgan fingerprint density at radius 2 is 1.76 bits per heavy atom. The molecule has 1 fully saturated rings. The van der Waals surface area contributed by atoms with Crippen molar-refractivity contribution in [2.45, 2.75) is 65.7 Å². The fraction of sp³-hybridized carbons (Fsp3) is 0.565. The van der Waals surface area contributed by atoms with E-state index in [9.17, 15) is 9.59 Å². The Bertz CT molecular complexity index is 865. The molecule has 2 nitrogen and oxygen atoms in total. The molecule has 2 unspecified atom stereocenters. The van der Waals surface area contributed by atoms with Gasteiger partial charge in [0.25, 0.3) is 0 Å². The van der Waals surface area contributed by atoms with Crippen molar-refractivity contribution in [1.29, 1.82) is 0 Å². The molecule has 5 aliphatic rings. The van der Waals surface area contributed by atoms with Crippen LogP contribution in [0, 0.1) is 16.2 Å². The molecule has 0 saturated heterocycles. The van der Waals surface area contributed by atoms with Crippen LogP contribution in [0.4, 0.5) is 0 Å². The first-order valence-electron chi connectivity index (χ1n) is 9.73. The summed E-state index contributed by atoms with van der Waals surface area (Å²) in [4.78, 5) is 25.0. The first-order valence-corrected chi connectivity index (χ1v) is 9.73. The lowest BCUT2D eigenvalue weighted by Gasteiger charge is -2.50. The number of hydrogen-bond donors (Lipinski definition) is 0. The summed E-state index contributed by atoms with van der Waals surface area (Å²) in [6.45, 7) is 6.82. The maximum Gasteiger partial charge on any atom is 0.156 e. The SMILES string of the molecule is CC1=CC2=CC(=O)CCC2(C)C2=C1C1=CC[C@@]3(C)CCC(=O)C13CC2. The zero-order chi connectivity index (χ0) is 17.6. The predicted octanol–water partition coefficient (Wildman–Crippen LogP) is 5.02. The van der Waals surface area contributed by atoms with E-state index in [1.165, 1.54) is 27.9 Å². The number of allylic oxidation sites excluding steroid dienone is 8. The molecule has 0 amide bonds. The summed E-state index contributed by atoms with van der Waals surface area (Å²) in [5.41, 5.74) is 6.51. The highest BCUT2D eigenvalue weighted by atomic mass is 16.1. The smallest absolute Gasteiger partial charge is 0.156 e. The van der Waals surface area contributed by atoms with Gasteiger partial charge < -0.3 is 0 Å². The van der Waals surface area contributed by atoms with Gasteiger partial charge in [0.15, 0.2) is 5.78 Å². The van der Waals surface area contributed by atoms with Crippen LogP contribution in [0.25, 0.3) is 0 Å². The van der Waals surface area contributed by atoms with Crippen molar-refractivity contribution in [2.24, 2.45) is 16.2 Å². The van der Waals surface area contributed by atoms with Crippen molar-refractivity contribution in [3.63, 3.8) is 0 Å². The minimum Gasteiger partial charge on any atom is -0.299 e. The molecule has 0 N–H and O–H groups in total. The van der Waals surface area contributed by atoms with Gasteiger partial charge in [0, 0.05) is 18.3 Å². The molecular formula is C23H26O2. The standard InChI is InChI=1S/C23H26O2/c1-14-12-15-13-16(24)4-10-22(15,3)17-6-11-23-18(20(14)17)5-8-21(23,2)9-7-19(23)25/h5,12-13H,4,6-11H2,1-3H3/t21-,22?,23?/m0/s1. The second-order valence-corrected chi connectivity index (χ2v) is 9.29. The Kier molecular flexibility index (Phi) is 2.81. The molecule has 25 heavy (non-hydrogen) atoms. The topological polar surface area (TPSA) is 34.1 Å². The molecule has 0 bridgehead atoms. The van der Waals surface area contributed by atoms with Crippen molar-refractivity contribution < 1.29 is 9.59 Å². The minimum absolute atomic E-state index is 0.0220. The summed E-state index contributed by atoms with van der Waals surface area (Å²) >= 11 is 0. The number of fused-ring (bicyclic) bond motifs is 3. The van der Waals surface area contributed by atoms with E-state index in [1.54, 1.807) is 0 Å². The van der Waals surface area contributed by atoms with Gasteiger partial charge in [-0.25, -0.2) is 0 Å². The van der Waals surface area contributed by atoms with E-state index in [1.807, 2.05) is 6.08 Å². The lowest BCUT2D eigenvalue weighted by molar-refractivity contribution is -0.127. The third kappa shape index (κ3) is 1.62. The first kappa shape index (κ1) is 15.5. The second-order valence-electron chi connectivity index (χ2n) is 9.29. The number of Topliss-reactive ketones (excluding diaryl/α,β-unsaturated/α-hetero) is 1. The zero-order valence-electron chi connectivity index (χ0n) is 15.5. The van der Waals surface area contributed by atoms with Crippen LogP contribution in [-0.2, 0) is 9.59 Å². The maximum absolute atomic E-state index is 13.1. The lowest BCUT2D eigenvalue weighted by atomic mass is 9.53. The van der Waals surface area contributed by atoms with Crippen LogP contribution in [-0.4, -0.2) is 11.6 Å². The third-order valence-corrected chi connectivity index (χ3v) is 8.21. The van der Waals surface area contributed by atoms with E-state index in [-0.39, 0.29) is 22.0 Å². The molecule has 0 aromatic carbocycles. The van der Waals surface area contributed by atoms with Gasteiger partial charge in [-0.05, 0) is 72.8 Å². The van der Waals surface area contributed by atoms with Crippen molar-refractivity contribution >= 4 is 11.6 Å². The molecular weight excluding hydrogens is 308 g/mol. The summed E-state index contributed by atoms with van der Waals surface area (Å²) < 4.78 is 0. The maximum atomic E-state index is 13.1. The third-order valence-electron chi connectivity index (χ3n) is 8.21. The fourth-order valence-electron chi connectivity index (χ4n) is 6.65. The van der Waals surface area contributed by atoms with Crippen LogP contribution in [0.15, 0.2) is 46.1 Å². The Labute approximate surface area is 149 Å². The summed E-state index contributed by atoms with van der Waals surface area (Å²) in [6, 6.07) is 0. The summed E-state index contributed by atoms with van der Waals surface area (Å²) in [5, 5.41) is 0. The molecule has 1 saturated carbocycles. The monoisotopic (exact) mass is 334 g/mol. The van der Waals surface area contributed by atoms with E-state index in [4.69, 9.17) is 0 Å². The molecule has 0 heterocycles. The molecule has 0 aliphatic heterocycles. The molecule has 0 aromatic rings. The highest BCUT2D eigenvalue weighted by Gasteiger charge is 2.64. The summed E-state index contributed by atoms with van der Waals surface area (Å²) in [7, 11) is 0. The van der Waals surface area contributed by atoms with E-state index in [0.717, 1.165) is 38.5 Å². The predicted molar refractivity (Wildman–Crippen MR) is 97.9 cm³/mol. The largest absolute Gasteiger partial charge is 0.299 e. The lowest BCUT2D eigenvalue weighted by Crippen LogP contribution is -2.43. The molecule has 2 heteroatoms. The van der Waals surface area contributed by atoms with Gasteiger partial charge >= 0.3 is 0 Å². The highest BCUT2D eigenvalue weighted by molar-refractivity contribution is 5.96. The van der Waals surface area contributed by atoms with Crippen molar-refractivity contribution in [1.82, 2.24) is 0 Å². The average Bonchev–Trinajstić information content (AvgIpc) is 3.01. The molecule has 1 spiro atoms. The first-order chi connectivity index (χ1) is 11.8. The zero-order valence-corrected chi connectivity index (χ0v) is 15.5. The van der Waals surface area contributed by atoms with Crippen molar-refractivity contribution in [2.75, 3.05) is 0 Å². The van der Waals surface area contributed by atoms with Crippen LogP contribution < -0.4 is 0 Å². The van der Waals surface area contributed by atoms with Crippen LogP contribution in [0.1, 0.15) is 65.7 Å². The normalized spacial score (nSPS) is 42.3. The number of rotatable bonds is 0. The number of carbonyl (C=O) groups excluding carboxylic acids is 2. The quantitative estimate of drug-likeness (QED) is 0.623. The van der Waals surface area contributed by atoms with Gasteiger partial charge in [-0.3, -0.25) is 9.59 Å². The van der Waals surface area contributed by atoms with Crippen LogP contribution in [0.2, 0.25) is 0 Å². The minimum atomic E-state index is -0.233. The number of hydrogen-bond acceptors (Lipinski definition) is 2. The Morgan fingerprint density at radius 3 is 2.56 bits per heavy atom. The molecule has 0 radical (unpaired) electrons. The van der Waals surface area contributed by atoms with Crippen molar-refractivity contribution in [3.8, 4) is 0 Å².